The second-order valence-electron chi connectivity index (χ2n) is 7.03. The molecular formula is C17H27N3O3. The Labute approximate surface area is 138 Å². The van der Waals surface area contributed by atoms with Crippen LogP contribution in [-0.2, 0) is 26.3 Å². The van der Waals surface area contributed by atoms with Gasteiger partial charge in [-0.3, -0.25) is 4.79 Å². The third-order valence-corrected chi connectivity index (χ3v) is 4.01. The molecule has 1 atom stereocenters. The topological polar surface area (TPSA) is 64.5 Å². The molecule has 23 heavy (non-hydrogen) atoms. The maximum Gasteiger partial charge on any atom is 0.310 e. The van der Waals surface area contributed by atoms with Crippen molar-refractivity contribution in [1.29, 1.82) is 0 Å². The molecular weight excluding hydrogens is 294 g/mol. The van der Waals surface area contributed by atoms with Crippen molar-refractivity contribution < 1.29 is 14.3 Å². The highest BCUT2D eigenvalue weighted by atomic mass is 16.5. The van der Waals surface area contributed by atoms with Crippen LogP contribution < -0.4 is 4.90 Å². The molecule has 0 amide bonds. The minimum atomic E-state index is -0.143. The number of piperidine rings is 1. The van der Waals surface area contributed by atoms with Gasteiger partial charge in [-0.25, -0.2) is 9.97 Å². The monoisotopic (exact) mass is 321 g/mol. The van der Waals surface area contributed by atoms with Crippen LogP contribution in [0.25, 0.3) is 0 Å². The summed E-state index contributed by atoms with van der Waals surface area (Å²) < 4.78 is 10.1. The lowest BCUT2D eigenvalue weighted by Crippen LogP contribution is -2.40. The number of carbonyl (C=O) groups is 1. The first-order valence-corrected chi connectivity index (χ1v) is 8.05. The first-order chi connectivity index (χ1) is 10.8. The van der Waals surface area contributed by atoms with Crippen molar-refractivity contribution >= 4 is 11.8 Å². The van der Waals surface area contributed by atoms with Crippen molar-refractivity contribution in [3.63, 3.8) is 0 Å². The van der Waals surface area contributed by atoms with Gasteiger partial charge in [0, 0.05) is 31.7 Å². The molecule has 1 saturated heterocycles. The number of methoxy groups -OCH3 is 2. The summed E-state index contributed by atoms with van der Waals surface area (Å²) in [4.78, 5) is 23.3. The molecule has 0 spiro atoms. The SMILES string of the molecule is COCc1cc(N2CCCC(C(=O)OC)C2)nc(C(C)(C)C)n1. The molecule has 6 heteroatoms. The molecule has 1 aliphatic heterocycles. The van der Waals surface area contributed by atoms with Gasteiger partial charge in [0.1, 0.15) is 11.6 Å². The summed E-state index contributed by atoms with van der Waals surface area (Å²) in [6.07, 6.45) is 1.82. The quantitative estimate of drug-likeness (QED) is 0.793. The van der Waals surface area contributed by atoms with Crippen molar-refractivity contribution in [1.82, 2.24) is 9.97 Å². The largest absolute Gasteiger partial charge is 0.469 e. The van der Waals surface area contributed by atoms with Gasteiger partial charge in [0.2, 0.25) is 0 Å². The number of ether oxygens (including phenoxy) is 2. The van der Waals surface area contributed by atoms with Crippen molar-refractivity contribution in [3.05, 3.63) is 17.6 Å². The average Bonchev–Trinajstić information content (AvgIpc) is 2.53. The number of anilines is 1. The van der Waals surface area contributed by atoms with Crippen molar-refractivity contribution in [2.45, 2.75) is 45.6 Å². The predicted molar refractivity (Wildman–Crippen MR) is 88.4 cm³/mol. The van der Waals surface area contributed by atoms with Crippen LogP contribution in [0.1, 0.15) is 45.1 Å². The first-order valence-electron chi connectivity index (χ1n) is 8.05. The Balaban J connectivity index is 2.30. The lowest BCUT2D eigenvalue weighted by molar-refractivity contribution is -0.145. The van der Waals surface area contributed by atoms with Gasteiger partial charge in [0.15, 0.2) is 0 Å². The summed E-state index contributed by atoms with van der Waals surface area (Å²) in [7, 11) is 3.10. The van der Waals surface area contributed by atoms with Gasteiger partial charge in [0.25, 0.3) is 0 Å². The van der Waals surface area contributed by atoms with Crippen molar-refractivity contribution in [2.75, 3.05) is 32.2 Å². The molecule has 2 rings (SSSR count). The Kier molecular flexibility index (Phi) is 5.57. The van der Waals surface area contributed by atoms with Gasteiger partial charge in [-0.1, -0.05) is 20.8 Å². The summed E-state index contributed by atoms with van der Waals surface area (Å²) in [6, 6.07) is 1.96. The van der Waals surface area contributed by atoms with E-state index in [1.165, 1.54) is 7.11 Å². The van der Waals surface area contributed by atoms with E-state index in [0.29, 0.717) is 13.2 Å². The van der Waals surface area contributed by atoms with Crippen LogP contribution in [0.3, 0.4) is 0 Å². The Morgan fingerprint density at radius 1 is 1.35 bits per heavy atom. The third kappa shape index (κ3) is 4.41. The van der Waals surface area contributed by atoms with E-state index in [1.807, 2.05) is 6.07 Å². The van der Waals surface area contributed by atoms with Crippen molar-refractivity contribution in [2.24, 2.45) is 5.92 Å². The number of carbonyl (C=O) groups excluding carboxylic acids is 1. The van der Waals surface area contributed by atoms with E-state index in [4.69, 9.17) is 14.5 Å². The minimum Gasteiger partial charge on any atom is -0.469 e. The van der Waals surface area contributed by atoms with Crippen LogP contribution in [-0.4, -0.2) is 43.2 Å². The zero-order valence-electron chi connectivity index (χ0n) is 14.8. The van der Waals surface area contributed by atoms with Gasteiger partial charge in [-0.15, -0.1) is 0 Å². The van der Waals surface area contributed by atoms with Crippen LogP contribution >= 0.6 is 0 Å². The first kappa shape index (κ1) is 17.7. The fourth-order valence-electron chi connectivity index (χ4n) is 2.75. The normalized spacial score (nSPS) is 18.8. The lowest BCUT2D eigenvalue weighted by Gasteiger charge is -2.33. The van der Waals surface area contributed by atoms with Crippen LogP contribution in [0, 0.1) is 5.92 Å². The van der Waals surface area contributed by atoms with Gasteiger partial charge in [-0.2, -0.15) is 0 Å². The molecule has 0 aliphatic carbocycles. The van der Waals surface area contributed by atoms with E-state index < -0.39 is 0 Å². The fourth-order valence-corrected chi connectivity index (χ4v) is 2.75. The molecule has 2 heterocycles. The molecule has 0 aromatic carbocycles. The van der Waals surface area contributed by atoms with Crippen LogP contribution in [0.5, 0.6) is 0 Å². The standard InChI is InChI=1S/C17H27N3O3/c1-17(2,3)16-18-13(11-22-4)9-14(19-16)20-8-6-7-12(10-20)15(21)23-5/h9,12H,6-8,10-11H2,1-5H3. The molecule has 1 aromatic rings. The van der Waals surface area contributed by atoms with Crippen LogP contribution in [0.2, 0.25) is 0 Å². The van der Waals surface area contributed by atoms with Crippen molar-refractivity contribution in [3.8, 4) is 0 Å². The smallest absolute Gasteiger partial charge is 0.310 e. The second kappa shape index (κ2) is 7.25. The van der Waals surface area contributed by atoms with Crippen LogP contribution in [0.4, 0.5) is 5.82 Å². The molecule has 0 bridgehead atoms. The number of aromatic nitrogens is 2. The summed E-state index contributed by atoms with van der Waals surface area (Å²) in [6.45, 7) is 8.26. The lowest BCUT2D eigenvalue weighted by atomic mass is 9.95. The molecule has 6 nitrogen and oxygen atoms in total. The molecule has 0 radical (unpaired) electrons. The van der Waals surface area contributed by atoms with E-state index in [2.05, 4.69) is 30.7 Å². The molecule has 1 aliphatic rings. The van der Waals surface area contributed by atoms with Crippen LogP contribution in [0.15, 0.2) is 6.07 Å². The fraction of sp³-hybridized carbons (Fsp3) is 0.706. The van der Waals surface area contributed by atoms with E-state index in [-0.39, 0.29) is 17.3 Å². The van der Waals surface area contributed by atoms with E-state index >= 15 is 0 Å². The number of esters is 1. The van der Waals surface area contributed by atoms with Gasteiger partial charge in [-0.05, 0) is 12.8 Å². The molecule has 1 fully saturated rings. The van der Waals surface area contributed by atoms with Gasteiger partial charge < -0.3 is 14.4 Å². The Bertz CT molecular complexity index is 555. The maximum absolute atomic E-state index is 11.8. The molecule has 1 unspecified atom stereocenters. The van der Waals surface area contributed by atoms with E-state index in [0.717, 1.165) is 36.7 Å². The van der Waals surface area contributed by atoms with Gasteiger partial charge in [0.05, 0.1) is 25.3 Å². The molecule has 1 aromatic heterocycles. The van der Waals surface area contributed by atoms with E-state index in [1.54, 1.807) is 7.11 Å². The number of rotatable bonds is 4. The Morgan fingerprint density at radius 3 is 2.70 bits per heavy atom. The molecule has 0 saturated carbocycles. The second-order valence-corrected chi connectivity index (χ2v) is 7.03. The average molecular weight is 321 g/mol. The van der Waals surface area contributed by atoms with Gasteiger partial charge >= 0.3 is 5.97 Å². The maximum atomic E-state index is 11.8. The molecule has 0 N–H and O–H groups in total. The Hall–Kier alpha value is -1.69. The summed E-state index contributed by atoms with van der Waals surface area (Å²) in [5.74, 6) is 1.43. The number of hydrogen-bond acceptors (Lipinski definition) is 6. The highest BCUT2D eigenvalue weighted by Gasteiger charge is 2.28. The Morgan fingerprint density at radius 2 is 2.09 bits per heavy atom. The zero-order valence-corrected chi connectivity index (χ0v) is 14.8. The number of nitrogens with zero attached hydrogens (tertiary/aromatic N) is 3. The summed E-state index contributed by atoms with van der Waals surface area (Å²) in [5.41, 5.74) is 0.721. The summed E-state index contributed by atoms with van der Waals surface area (Å²) in [5, 5.41) is 0. The minimum absolute atomic E-state index is 0.0901. The zero-order chi connectivity index (χ0) is 17.0. The highest BCUT2D eigenvalue weighted by Crippen LogP contribution is 2.26. The predicted octanol–water partition coefficient (Wildman–Crippen LogP) is 2.31. The number of hydrogen-bond donors (Lipinski definition) is 0. The molecule has 128 valence electrons. The van der Waals surface area contributed by atoms with E-state index in [9.17, 15) is 4.79 Å². The highest BCUT2D eigenvalue weighted by molar-refractivity contribution is 5.73. The third-order valence-electron chi connectivity index (χ3n) is 4.01. The summed E-state index contributed by atoms with van der Waals surface area (Å²) >= 11 is 0.